The molecule has 0 saturated carbocycles. The maximum Gasteiger partial charge on any atom is 0.330 e. The summed E-state index contributed by atoms with van der Waals surface area (Å²) in [6.45, 7) is 2.20. The van der Waals surface area contributed by atoms with Gasteiger partial charge in [-0.25, -0.2) is 4.79 Å². The molecule has 1 N–H and O–H groups in total. The van der Waals surface area contributed by atoms with Crippen LogP contribution in [0.15, 0.2) is 0 Å². The van der Waals surface area contributed by atoms with Gasteiger partial charge in [0.15, 0.2) is 4.08 Å². The molecule has 0 aliphatic heterocycles. The molecule has 0 aliphatic rings. The molecule has 0 saturated heterocycles. The van der Waals surface area contributed by atoms with Gasteiger partial charge in [-0.2, -0.15) is 12.6 Å². The second-order valence-corrected chi connectivity index (χ2v) is 6.84. The van der Waals surface area contributed by atoms with Crippen LogP contribution >= 0.6 is 37.9 Å². The molecule has 102 valence electrons. The highest BCUT2D eigenvalue weighted by Crippen LogP contribution is 2.31. The quantitative estimate of drug-likeness (QED) is 0.279. The smallest absolute Gasteiger partial charge is 0.330 e. The SMILES string of the molecule is CCCCCCCCCC(S)C(S)(S)C(=O)O. The molecule has 0 fully saturated rings. The predicted molar refractivity (Wildman–Crippen MR) is 83.7 cm³/mol. The van der Waals surface area contributed by atoms with Crippen LogP contribution in [-0.2, 0) is 4.79 Å². The van der Waals surface area contributed by atoms with Gasteiger partial charge in [-0.15, -0.1) is 25.3 Å². The van der Waals surface area contributed by atoms with E-state index in [9.17, 15) is 4.79 Å². The molecule has 1 unspecified atom stereocenters. The van der Waals surface area contributed by atoms with Crippen LogP contribution in [0.2, 0.25) is 0 Å². The van der Waals surface area contributed by atoms with Gasteiger partial charge in [0, 0.05) is 5.25 Å². The zero-order chi connectivity index (χ0) is 13.3. The molecule has 1 atom stereocenters. The Labute approximate surface area is 121 Å². The van der Waals surface area contributed by atoms with Gasteiger partial charge in [-0.05, 0) is 6.42 Å². The first-order valence-electron chi connectivity index (χ1n) is 6.29. The van der Waals surface area contributed by atoms with Crippen LogP contribution in [0.25, 0.3) is 0 Å². The molecule has 0 radical (unpaired) electrons. The number of carboxylic acid groups (broad SMARTS) is 1. The third-order valence-electron chi connectivity index (χ3n) is 2.86. The molecule has 17 heavy (non-hydrogen) atoms. The monoisotopic (exact) mass is 296 g/mol. The highest BCUT2D eigenvalue weighted by Gasteiger charge is 2.36. The van der Waals surface area contributed by atoms with E-state index in [4.69, 9.17) is 5.11 Å². The Balaban J connectivity index is 3.58. The van der Waals surface area contributed by atoms with Crippen molar-refractivity contribution in [1.29, 1.82) is 0 Å². The van der Waals surface area contributed by atoms with Crippen molar-refractivity contribution in [2.75, 3.05) is 0 Å². The molecule has 0 aromatic heterocycles. The number of rotatable bonds is 10. The maximum atomic E-state index is 10.9. The summed E-state index contributed by atoms with van der Waals surface area (Å²) in [6.07, 6.45) is 9.25. The largest absolute Gasteiger partial charge is 0.480 e. The van der Waals surface area contributed by atoms with Gasteiger partial charge >= 0.3 is 5.97 Å². The van der Waals surface area contributed by atoms with Gasteiger partial charge in [0.2, 0.25) is 0 Å². The van der Waals surface area contributed by atoms with Crippen molar-refractivity contribution >= 4 is 43.9 Å². The summed E-state index contributed by atoms with van der Waals surface area (Å²) >= 11 is 12.3. The Bertz CT molecular complexity index is 220. The van der Waals surface area contributed by atoms with Crippen molar-refractivity contribution in [2.45, 2.75) is 67.6 Å². The summed E-state index contributed by atoms with van der Waals surface area (Å²) in [5.74, 6) is -1.02. The van der Waals surface area contributed by atoms with Crippen LogP contribution in [0.1, 0.15) is 58.3 Å². The Hall–Kier alpha value is 0.520. The lowest BCUT2D eigenvalue weighted by Gasteiger charge is -2.24. The summed E-state index contributed by atoms with van der Waals surface area (Å²) in [5, 5.41) is 8.59. The van der Waals surface area contributed by atoms with E-state index in [1.807, 2.05) is 0 Å². The van der Waals surface area contributed by atoms with Gasteiger partial charge in [0.05, 0.1) is 0 Å². The van der Waals surface area contributed by atoms with E-state index in [1.165, 1.54) is 32.1 Å². The van der Waals surface area contributed by atoms with E-state index in [0.717, 1.165) is 19.3 Å². The van der Waals surface area contributed by atoms with E-state index in [-0.39, 0.29) is 5.25 Å². The number of aliphatic carboxylic acids is 1. The second-order valence-electron chi connectivity index (χ2n) is 4.46. The first-order valence-corrected chi connectivity index (χ1v) is 7.70. The van der Waals surface area contributed by atoms with Crippen LogP contribution in [0.4, 0.5) is 0 Å². The highest BCUT2D eigenvalue weighted by atomic mass is 32.2. The van der Waals surface area contributed by atoms with Gasteiger partial charge in [-0.1, -0.05) is 51.9 Å². The molecule has 0 heterocycles. The van der Waals surface area contributed by atoms with E-state index < -0.39 is 10.0 Å². The highest BCUT2D eigenvalue weighted by molar-refractivity contribution is 8.03. The minimum atomic E-state index is -1.33. The molecule has 0 amide bonds. The molecule has 0 spiro atoms. The third kappa shape index (κ3) is 7.52. The molecular weight excluding hydrogens is 272 g/mol. The Morgan fingerprint density at radius 1 is 1.12 bits per heavy atom. The number of hydrogen-bond acceptors (Lipinski definition) is 4. The fourth-order valence-corrected chi connectivity index (χ4v) is 2.19. The van der Waals surface area contributed by atoms with Crippen LogP contribution in [0.5, 0.6) is 0 Å². The topological polar surface area (TPSA) is 37.3 Å². The van der Waals surface area contributed by atoms with E-state index in [2.05, 4.69) is 44.8 Å². The molecule has 2 nitrogen and oxygen atoms in total. The first-order chi connectivity index (χ1) is 7.92. The molecule has 0 aliphatic carbocycles. The van der Waals surface area contributed by atoms with Crippen molar-refractivity contribution in [2.24, 2.45) is 0 Å². The fourth-order valence-electron chi connectivity index (χ4n) is 1.64. The van der Waals surface area contributed by atoms with Crippen molar-refractivity contribution < 1.29 is 9.90 Å². The minimum Gasteiger partial charge on any atom is -0.480 e. The lowest BCUT2D eigenvalue weighted by molar-refractivity contribution is -0.137. The summed E-state index contributed by atoms with van der Waals surface area (Å²) in [5.41, 5.74) is 0. The van der Waals surface area contributed by atoms with Gasteiger partial charge in [0.25, 0.3) is 0 Å². The van der Waals surface area contributed by atoms with E-state index in [0.29, 0.717) is 0 Å². The zero-order valence-corrected chi connectivity index (χ0v) is 13.1. The minimum absolute atomic E-state index is 0.317. The lowest BCUT2D eigenvalue weighted by atomic mass is 10.1. The Morgan fingerprint density at radius 2 is 1.59 bits per heavy atom. The van der Waals surface area contributed by atoms with Crippen molar-refractivity contribution in [3.05, 3.63) is 0 Å². The molecule has 0 rings (SSSR count). The molecule has 0 aromatic rings. The van der Waals surface area contributed by atoms with Gasteiger partial charge < -0.3 is 5.11 Å². The molecule has 0 bridgehead atoms. The number of hydrogen-bond donors (Lipinski definition) is 4. The van der Waals surface area contributed by atoms with Gasteiger partial charge in [0.1, 0.15) is 0 Å². The average molecular weight is 297 g/mol. The number of unbranched alkanes of at least 4 members (excludes halogenated alkanes) is 6. The van der Waals surface area contributed by atoms with Crippen LogP contribution in [0.3, 0.4) is 0 Å². The van der Waals surface area contributed by atoms with Crippen LogP contribution in [0, 0.1) is 0 Å². The number of carboxylic acids is 1. The maximum absolute atomic E-state index is 10.9. The fraction of sp³-hybridized carbons (Fsp3) is 0.917. The molecule has 5 heteroatoms. The Kier molecular flexibility index (Phi) is 9.74. The molecular formula is C12H24O2S3. The van der Waals surface area contributed by atoms with Crippen molar-refractivity contribution in [3.8, 4) is 0 Å². The van der Waals surface area contributed by atoms with E-state index in [1.54, 1.807) is 0 Å². The summed E-state index contributed by atoms with van der Waals surface area (Å²) in [7, 11) is 0. The normalized spacial score (nSPS) is 13.6. The average Bonchev–Trinajstić information content (AvgIpc) is 2.27. The summed E-state index contributed by atoms with van der Waals surface area (Å²) in [6, 6.07) is 0. The lowest BCUT2D eigenvalue weighted by Crippen LogP contribution is -2.36. The second kappa shape index (κ2) is 9.45. The Morgan fingerprint density at radius 3 is 2.06 bits per heavy atom. The van der Waals surface area contributed by atoms with Crippen LogP contribution in [-0.4, -0.2) is 20.4 Å². The third-order valence-corrected chi connectivity index (χ3v) is 4.92. The molecule has 0 aromatic carbocycles. The van der Waals surface area contributed by atoms with Crippen molar-refractivity contribution in [3.63, 3.8) is 0 Å². The van der Waals surface area contributed by atoms with E-state index >= 15 is 0 Å². The standard InChI is InChI=1S/C12H24O2S3/c1-2-3-4-5-6-7-8-9-10(15)12(16,17)11(13)14/h10,15-17H,2-9H2,1H3,(H,13,14). The van der Waals surface area contributed by atoms with Crippen LogP contribution < -0.4 is 0 Å². The zero-order valence-electron chi connectivity index (χ0n) is 10.4. The number of carbonyl (C=O) groups is 1. The number of thiol groups is 3. The summed E-state index contributed by atoms with van der Waals surface area (Å²) in [4.78, 5) is 10.9. The predicted octanol–water partition coefficient (Wildman–Crippen LogP) is 4.07. The van der Waals surface area contributed by atoms with Crippen molar-refractivity contribution in [1.82, 2.24) is 0 Å². The first kappa shape index (κ1) is 17.5. The summed E-state index contributed by atoms with van der Waals surface area (Å²) < 4.78 is -1.33. The van der Waals surface area contributed by atoms with Gasteiger partial charge in [-0.3, -0.25) is 0 Å².